The second-order valence-electron chi connectivity index (χ2n) is 6.89. The maximum absolute atomic E-state index is 13.4. The Kier molecular flexibility index (Phi) is 4.82. The summed E-state index contributed by atoms with van der Waals surface area (Å²) in [5.74, 6) is 0. The lowest BCUT2D eigenvalue weighted by molar-refractivity contribution is -0.347. The van der Waals surface area contributed by atoms with Gasteiger partial charge in [-0.3, -0.25) is 0 Å². The van der Waals surface area contributed by atoms with Crippen molar-refractivity contribution in [3.05, 3.63) is 59.2 Å². The van der Waals surface area contributed by atoms with Gasteiger partial charge >= 0.3 is 0 Å². The molecule has 0 atom stereocenters. The third-order valence-electron chi connectivity index (χ3n) is 5.18. The molecule has 2 heterocycles. The van der Waals surface area contributed by atoms with Crippen LogP contribution in [0.4, 0.5) is 5.69 Å². The van der Waals surface area contributed by atoms with E-state index in [1.807, 2.05) is 6.07 Å². The number of hydrogen-bond donors (Lipinski definition) is 0. The minimum Gasteiger partial charge on any atom is -0.370 e. The van der Waals surface area contributed by atoms with Gasteiger partial charge in [-0.1, -0.05) is 24.6 Å². The lowest BCUT2D eigenvalue weighted by atomic mass is 10.1. The molecular formula is C21H22ClN2O2S+. The van der Waals surface area contributed by atoms with Gasteiger partial charge in [-0.2, -0.15) is 0 Å². The van der Waals surface area contributed by atoms with Crippen molar-refractivity contribution in [2.45, 2.75) is 36.0 Å². The van der Waals surface area contributed by atoms with Crippen LogP contribution in [-0.2, 0) is 16.3 Å². The van der Waals surface area contributed by atoms with Crippen LogP contribution in [0.1, 0.15) is 25.3 Å². The molecule has 0 bridgehead atoms. The molecule has 4 rings (SSSR count). The van der Waals surface area contributed by atoms with Gasteiger partial charge in [0.15, 0.2) is 11.1 Å². The highest BCUT2D eigenvalue weighted by Gasteiger charge is 2.30. The highest BCUT2D eigenvalue weighted by atomic mass is 35.5. The number of nitrogens with one attached hydrogen (secondary N) is 1. The zero-order valence-electron chi connectivity index (χ0n) is 15.2. The molecule has 0 aliphatic carbocycles. The maximum Gasteiger partial charge on any atom is 0.214 e. The number of rotatable bonds is 4. The van der Waals surface area contributed by atoms with Gasteiger partial charge in [0, 0.05) is 24.2 Å². The third-order valence-corrected chi connectivity index (χ3v) is 7.21. The van der Waals surface area contributed by atoms with E-state index in [0.29, 0.717) is 9.92 Å². The fourth-order valence-corrected chi connectivity index (χ4v) is 5.27. The monoisotopic (exact) mass is 401 g/mol. The van der Waals surface area contributed by atoms with E-state index in [-0.39, 0.29) is 4.90 Å². The van der Waals surface area contributed by atoms with Gasteiger partial charge in [0.25, 0.3) is 0 Å². The Morgan fingerprint density at radius 3 is 2.44 bits per heavy atom. The van der Waals surface area contributed by atoms with Crippen LogP contribution in [0.3, 0.4) is 0 Å². The summed E-state index contributed by atoms with van der Waals surface area (Å²) in [5, 5.41) is 1.48. The number of nitrogens with zero attached hydrogens (tertiary/aromatic N) is 1. The first kappa shape index (κ1) is 18.3. The molecule has 0 amide bonds. The Morgan fingerprint density at radius 1 is 1.07 bits per heavy atom. The van der Waals surface area contributed by atoms with Crippen molar-refractivity contribution in [2.75, 3.05) is 18.0 Å². The van der Waals surface area contributed by atoms with Crippen LogP contribution in [-0.4, -0.2) is 21.5 Å². The van der Waals surface area contributed by atoms with Crippen molar-refractivity contribution in [1.82, 2.24) is 0 Å². The number of fused-ring (bicyclic) bond motifs is 1. The molecule has 1 N–H and O–H groups in total. The van der Waals surface area contributed by atoms with Crippen molar-refractivity contribution >= 4 is 38.0 Å². The van der Waals surface area contributed by atoms with Crippen molar-refractivity contribution in [2.24, 2.45) is 0 Å². The second kappa shape index (κ2) is 7.13. The summed E-state index contributed by atoms with van der Waals surface area (Å²) in [4.78, 5) is 5.98. The molecule has 1 fully saturated rings. The van der Waals surface area contributed by atoms with E-state index in [1.165, 1.54) is 5.56 Å². The average molecular weight is 402 g/mol. The number of pyridine rings is 1. The average Bonchev–Trinajstić information content (AvgIpc) is 3.21. The van der Waals surface area contributed by atoms with E-state index in [0.717, 1.165) is 48.9 Å². The highest BCUT2D eigenvalue weighted by Crippen LogP contribution is 2.37. The summed E-state index contributed by atoms with van der Waals surface area (Å²) in [6.45, 7) is 3.85. The van der Waals surface area contributed by atoms with Gasteiger partial charge in [0.1, 0.15) is 0 Å². The van der Waals surface area contributed by atoms with Gasteiger partial charge < -0.3 is 4.90 Å². The molecule has 0 spiro atoms. The van der Waals surface area contributed by atoms with Crippen LogP contribution in [0, 0.1) is 0 Å². The number of anilines is 1. The Labute approximate surface area is 164 Å². The summed E-state index contributed by atoms with van der Waals surface area (Å²) in [7, 11) is -3.67. The van der Waals surface area contributed by atoms with Gasteiger partial charge in [-0.15, -0.1) is 0 Å². The van der Waals surface area contributed by atoms with Crippen molar-refractivity contribution in [1.29, 1.82) is 0 Å². The predicted octanol–water partition coefficient (Wildman–Crippen LogP) is 4.30. The molecule has 6 heteroatoms. The number of benzene rings is 2. The van der Waals surface area contributed by atoms with E-state index in [1.54, 1.807) is 30.5 Å². The SMILES string of the molecule is CCc1ccc2[nH+]cc(S(=O)(=O)c3ccc(Cl)cc3)c(N3CCCC3)c2c1. The second-order valence-corrected chi connectivity index (χ2v) is 9.24. The molecule has 0 saturated carbocycles. The van der Waals surface area contributed by atoms with E-state index in [2.05, 4.69) is 28.9 Å². The number of H-pyrrole nitrogens is 1. The van der Waals surface area contributed by atoms with Gasteiger partial charge in [0.05, 0.1) is 16.0 Å². The molecule has 4 nitrogen and oxygen atoms in total. The zero-order chi connectivity index (χ0) is 19.0. The van der Waals surface area contributed by atoms with Crippen LogP contribution in [0.2, 0.25) is 5.02 Å². The molecule has 1 aromatic heterocycles. The first-order valence-electron chi connectivity index (χ1n) is 9.23. The quantitative estimate of drug-likeness (QED) is 0.654. The van der Waals surface area contributed by atoms with Crippen LogP contribution >= 0.6 is 11.6 Å². The Hall–Kier alpha value is -2.11. The molecule has 3 aromatic rings. The number of halogens is 1. The van der Waals surface area contributed by atoms with Crippen LogP contribution in [0.25, 0.3) is 10.9 Å². The standard InChI is InChI=1S/C21H21ClN2O2S/c1-2-15-5-10-19-18(13-15)21(24-11-3-4-12-24)20(14-23-19)27(25,26)17-8-6-16(22)7-9-17/h5-10,13-14H,2-4,11-12H2,1H3/p+1. The fourth-order valence-electron chi connectivity index (χ4n) is 3.69. The van der Waals surface area contributed by atoms with Gasteiger partial charge in [-0.05, 0) is 55.2 Å². The molecule has 140 valence electrons. The minimum atomic E-state index is -3.67. The number of sulfone groups is 1. The molecule has 1 aliphatic heterocycles. The normalized spacial score (nSPS) is 14.8. The fraction of sp³-hybridized carbons (Fsp3) is 0.286. The molecular weight excluding hydrogens is 380 g/mol. The molecule has 27 heavy (non-hydrogen) atoms. The lowest BCUT2D eigenvalue weighted by Crippen LogP contribution is -2.23. The van der Waals surface area contributed by atoms with Crippen molar-refractivity contribution in [3.63, 3.8) is 0 Å². The topological polar surface area (TPSA) is 51.5 Å². The van der Waals surface area contributed by atoms with E-state index in [9.17, 15) is 8.42 Å². The van der Waals surface area contributed by atoms with Crippen LogP contribution < -0.4 is 9.88 Å². The van der Waals surface area contributed by atoms with Crippen LogP contribution in [0.15, 0.2) is 58.5 Å². The van der Waals surface area contributed by atoms with Gasteiger partial charge in [-0.25, -0.2) is 13.4 Å². The summed E-state index contributed by atoms with van der Waals surface area (Å²) in [6, 6.07) is 12.6. The Balaban J connectivity index is 1.99. The van der Waals surface area contributed by atoms with Crippen molar-refractivity contribution < 1.29 is 13.4 Å². The smallest absolute Gasteiger partial charge is 0.214 e. The number of aromatic nitrogens is 1. The van der Waals surface area contributed by atoms with E-state index in [4.69, 9.17) is 11.6 Å². The summed E-state index contributed by atoms with van der Waals surface area (Å²) in [5.41, 5.74) is 2.95. The Morgan fingerprint density at radius 2 is 1.78 bits per heavy atom. The number of aromatic amines is 1. The number of hydrogen-bond acceptors (Lipinski definition) is 3. The summed E-state index contributed by atoms with van der Waals surface area (Å²) in [6.07, 6.45) is 4.69. The van der Waals surface area contributed by atoms with Crippen molar-refractivity contribution in [3.8, 4) is 0 Å². The molecule has 1 aliphatic rings. The molecule has 0 unspecified atom stereocenters. The predicted molar refractivity (Wildman–Crippen MR) is 108 cm³/mol. The first-order valence-corrected chi connectivity index (χ1v) is 11.1. The molecule has 0 radical (unpaired) electrons. The molecule has 2 aromatic carbocycles. The highest BCUT2D eigenvalue weighted by molar-refractivity contribution is 7.91. The third kappa shape index (κ3) is 3.30. The first-order chi connectivity index (χ1) is 13.0. The summed E-state index contributed by atoms with van der Waals surface area (Å²) < 4.78 is 26.9. The lowest BCUT2D eigenvalue weighted by Gasteiger charge is -2.21. The van der Waals surface area contributed by atoms with Crippen LogP contribution in [0.5, 0.6) is 0 Å². The van der Waals surface area contributed by atoms with E-state index >= 15 is 0 Å². The largest absolute Gasteiger partial charge is 0.370 e. The summed E-state index contributed by atoms with van der Waals surface area (Å²) >= 11 is 5.94. The van der Waals surface area contributed by atoms with E-state index < -0.39 is 9.84 Å². The zero-order valence-corrected chi connectivity index (χ0v) is 16.8. The maximum atomic E-state index is 13.4. The molecule has 1 saturated heterocycles. The minimum absolute atomic E-state index is 0.256. The Bertz CT molecular complexity index is 1090. The van der Waals surface area contributed by atoms with Gasteiger partial charge in [0.2, 0.25) is 15.4 Å². The number of aryl methyl sites for hydroxylation is 1.